The van der Waals surface area contributed by atoms with Gasteiger partial charge in [0.2, 0.25) is 5.82 Å². The van der Waals surface area contributed by atoms with Gasteiger partial charge in [-0.25, -0.2) is 9.97 Å². The maximum atomic E-state index is 8.80. The van der Waals surface area contributed by atoms with E-state index in [1.54, 1.807) is 6.20 Å². The predicted molar refractivity (Wildman–Crippen MR) is 72.2 cm³/mol. The number of aromatic nitrogens is 3. The van der Waals surface area contributed by atoms with Gasteiger partial charge in [-0.15, -0.1) is 0 Å². The molecular formula is C15H10N4. The molecule has 3 rings (SSSR count). The summed E-state index contributed by atoms with van der Waals surface area (Å²) in [5.74, 6) is 0.145. The van der Waals surface area contributed by atoms with Crippen LogP contribution in [0.3, 0.4) is 0 Å². The van der Waals surface area contributed by atoms with E-state index in [2.05, 4.69) is 15.0 Å². The first-order chi connectivity index (χ1) is 9.28. The molecule has 0 atom stereocenters. The Balaban J connectivity index is 2.24. The third-order valence-electron chi connectivity index (χ3n) is 2.94. The van der Waals surface area contributed by atoms with Crippen molar-refractivity contribution in [1.82, 2.24) is 15.0 Å². The van der Waals surface area contributed by atoms with Crippen LogP contribution in [0, 0.1) is 18.3 Å². The van der Waals surface area contributed by atoms with Crippen LogP contribution >= 0.6 is 0 Å². The molecule has 3 aromatic rings. The second-order valence-electron chi connectivity index (χ2n) is 4.21. The van der Waals surface area contributed by atoms with Crippen molar-refractivity contribution in [3.8, 4) is 17.2 Å². The van der Waals surface area contributed by atoms with Crippen LogP contribution in [0.4, 0.5) is 0 Å². The molecule has 0 N–H and O–H groups in total. The highest BCUT2D eigenvalue weighted by molar-refractivity contribution is 5.81. The van der Waals surface area contributed by atoms with Crippen molar-refractivity contribution in [3.63, 3.8) is 0 Å². The second kappa shape index (κ2) is 4.46. The van der Waals surface area contributed by atoms with Crippen molar-refractivity contribution in [2.24, 2.45) is 0 Å². The van der Waals surface area contributed by atoms with Gasteiger partial charge in [-0.3, -0.25) is 0 Å². The molecule has 2 heterocycles. The van der Waals surface area contributed by atoms with Crippen molar-refractivity contribution in [1.29, 1.82) is 5.26 Å². The van der Waals surface area contributed by atoms with Gasteiger partial charge in [0.1, 0.15) is 6.07 Å². The summed E-state index contributed by atoms with van der Waals surface area (Å²) in [4.78, 5) is 12.5. The van der Waals surface area contributed by atoms with Gasteiger partial charge in [-0.1, -0.05) is 30.3 Å². The van der Waals surface area contributed by atoms with Crippen LogP contribution in [0.1, 0.15) is 11.5 Å². The molecule has 0 fully saturated rings. The number of aryl methyl sites for hydroxylation is 1. The van der Waals surface area contributed by atoms with E-state index in [4.69, 9.17) is 5.26 Å². The lowest BCUT2D eigenvalue weighted by Crippen LogP contribution is -1.95. The Bertz CT molecular complexity index is 788. The molecule has 0 spiro atoms. The van der Waals surface area contributed by atoms with E-state index < -0.39 is 0 Å². The smallest absolute Gasteiger partial charge is 0.233 e. The highest BCUT2D eigenvalue weighted by Crippen LogP contribution is 2.24. The van der Waals surface area contributed by atoms with Crippen LogP contribution in [0.15, 0.2) is 42.6 Å². The molecule has 2 aromatic heterocycles. The molecule has 90 valence electrons. The standard InChI is InChI=1S/C15H10N4/c1-10-13(11-5-3-2-4-6-11)7-12-9-17-14(8-16)19-15(12)18-10/h2-7,9H,1H3. The zero-order valence-corrected chi connectivity index (χ0v) is 10.3. The quantitative estimate of drug-likeness (QED) is 0.662. The Hall–Kier alpha value is -2.80. The van der Waals surface area contributed by atoms with Crippen molar-refractivity contribution < 1.29 is 0 Å². The normalized spacial score (nSPS) is 10.3. The summed E-state index contributed by atoms with van der Waals surface area (Å²) in [6.07, 6.45) is 1.64. The van der Waals surface area contributed by atoms with Crippen molar-refractivity contribution in [3.05, 3.63) is 54.1 Å². The van der Waals surface area contributed by atoms with Crippen LogP contribution in [0.2, 0.25) is 0 Å². The van der Waals surface area contributed by atoms with Crippen molar-refractivity contribution >= 4 is 11.0 Å². The van der Waals surface area contributed by atoms with Crippen LogP contribution in [0.25, 0.3) is 22.2 Å². The van der Waals surface area contributed by atoms with E-state index in [1.165, 1.54) is 0 Å². The van der Waals surface area contributed by atoms with Gasteiger partial charge in [0.25, 0.3) is 0 Å². The number of benzene rings is 1. The summed E-state index contributed by atoms with van der Waals surface area (Å²) in [5, 5.41) is 9.63. The molecule has 0 aliphatic heterocycles. The second-order valence-corrected chi connectivity index (χ2v) is 4.21. The highest BCUT2D eigenvalue weighted by atomic mass is 14.9. The summed E-state index contributed by atoms with van der Waals surface area (Å²) in [5.41, 5.74) is 3.62. The monoisotopic (exact) mass is 246 g/mol. The van der Waals surface area contributed by atoms with Gasteiger partial charge in [-0.05, 0) is 18.6 Å². The van der Waals surface area contributed by atoms with Gasteiger partial charge >= 0.3 is 0 Å². The molecule has 0 radical (unpaired) electrons. The molecule has 1 aromatic carbocycles. The van der Waals surface area contributed by atoms with Crippen molar-refractivity contribution in [2.45, 2.75) is 6.92 Å². The molecule has 4 nitrogen and oxygen atoms in total. The summed E-state index contributed by atoms with van der Waals surface area (Å²) >= 11 is 0. The highest BCUT2D eigenvalue weighted by Gasteiger charge is 2.07. The Morgan fingerprint density at radius 1 is 1.11 bits per heavy atom. The third kappa shape index (κ3) is 2.02. The third-order valence-corrected chi connectivity index (χ3v) is 2.94. The molecule has 19 heavy (non-hydrogen) atoms. The first kappa shape index (κ1) is 11.3. The fraction of sp³-hybridized carbons (Fsp3) is 0.0667. The summed E-state index contributed by atoms with van der Waals surface area (Å²) < 4.78 is 0. The number of nitriles is 1. The topological polar surface area (TPSA) is 62.5 Å². The lowest BCUT2D eigenvalue weighted by atomic mass is 10.0. The van der Waals surface area contributed by atoms with Gasteiger partial charge in [0.15, 0.2) is 5.65 Å². The van der Waals surface area contributed by atoms with Crippen LogP contribution < -0.4 is 0 Å². The maximum absolute atomic E-state index is 8.80. The summed E-state index contributed by atoms with van der Waals surface area (Å²) in [6, 6.07) is 14.0. The molecule has 0 aliphatic rings. The van der Waals surface area contributed by atoms with Gasteiger partial charge in [0.05, 0.1) is 0 Å². The zero-order chi connectivity index (χ0) is 13.2. The van der Waals surface area contributed by atoms with E-state index in [9.17, 15) is 0 Å². The lowest BCUT2D eigenvalue weighted by Gasteiger charge is -2.06. The van der Waals surface area contributed by atoms with Gasteiger partial charge in [0, 0.05) is 22.8 Å². The lowest BCUT2D eigenvalue weighted by molar-refractivity contribution is 1.11. The predicted octanol–water partition coefficient (Wildman–Crippen LogP) is 2.87. The molecule has 0 unspecified atom stereocenters. The number of pyridine rings is 1. The Kier molecular flexibility index (Phi) is 2.66. The number of hydrogen-bond donors (Lipinski definition) is 0. The molecule has 0 bridgehead atoms. The van der Waals surface area contributed by atoms with Gasteiger partial charge < -0.3 is 0 Å². The van der Waals surface area contributed by atoms with Crippen LogP contribution in [0.5, 0.6) is 0 Å². The number of rotatable bonds is 1. The maximum Gasteiger partial charge on any atom is 0.234 e. The minimum absolute atomic E-state index is 0.145. The van der Waals surface area contributed by atoms with Gasteiger partial charge in [-0.2, -0.15) is 10.2 Å². The largest absolute Gasteiger partial charge is 0.234 e. The zero-order valence-electron chi connectivity index (χ0n) is 10.3. The molecule has 0 amide bonds. The van der Waals surface area contributed by atoms with E-state index in [0.717, 1.165) is 22.2 Å². The molecule has 4 heteroatoms. The van der Waals surface area contributed by atoms with Crippen molar-refractivity contribution in [2.75, 3.05) is 0 Å². The fourth-order valence-electron chi connectivity index (χ4n) is 2.02. The molecular weight excluding hydrogens is 236 g/mol. The Labute approximate surface area is 110 Å². The number of hydrogen-bond acceptors (Lipinski definition) is 4. The first-order valence-electron chi connectivity index (χ1n) is 5.88. The van der Waals surface area contributed by atoms with Crippen LogP contribution in [-0.4, -0.2) is 15.0 Å². The van der Waals surface area contributed by atoms with E-state index in [-0.39, 0.29) is 5.82 Å². The minimum Gasteiger partial charge on any atom is -0.233 e. The summed E-state index contributed by atoms with van der Waals surface area (Å²) in [7, 11) is 0. The average molecular weight is 246 g/mol. The minimum atomic E-state index is 0.145. The fourth-order valence-corrected chi connectivity index (χ4v) is 2.02. The summed E-state index contributed by atoms with van der Waals surface area (Å²) in [6.45, 7) is 1.94. The first-order valence-corrected chi connectivity index (χ1v) is 5.88. The average Bonchev–Trinajstić information content (AvgIpc) is 2.47. The molecule has 0 saturated heterocycles. The number of nitrogens with zero attached hydrogens (tertiary/aromatic N) is 4. The number of fused-ring (bicyclic) bond motifs is 1. The molecule has 0 aliphatic carbocycles. The molecule has 0 saturated carbocycles. The SMILES string of the molecule is Cc1nc2nc(C#N)ncc2cc1-c1ccccc1. The Morgan fingerprint density at radius 2 is 1.89 bits per heavy atom. The van der Waals surface area contributed by atoms with Crippen LogP contribution in [-0.2, 0) is 0 Å². The van der Waals surface area contributed by atoms with E-state index >= 15 is 0 Å². The van der Waals surface area contributed by atoms with E-state index in [1.807, 2.05) is 49.4 Å². The Morgan fingerprint density at radius 3 is 2.63 bits per heavy atom. The van der Waals surface area contributed by atoms with E-state index in [0.29, 0.717) is 5.65 Å².